The van der Waals surface area contributed by atoms with Crippen LogP contribution in [0.3, 0.4) is 0 Å². The Kier molecular flexibility index (Phi) is 14.8. The number of benzene rings is 3. The maximum absolute atomic E-state index is 12.7. The molecule has 2 N–H and O–H groups in total. The Labute approximate surface area is 335 Å². The Morgan fingerprint density at radius 3 is 1.05 bits per heavy atom. The predicted octanol–water partition coefficient (Wildman–Crippen LogP) is 6.91. The highest BCUT2D eigenvalue weighted by atomic mass is 127. The Morgan fingerprint density at radius 1 is 0.545 bits per heavy atom. The van der Waals surface area contributed by atoms with Crippen molar-refractivity contribution in [2.45, 2.75) is 110 Å². The minimum absolute atomic E-state index is 0.0151. The van der Waals surface area contributed by atoms with Gasteiger partial charge in [-0.05, 0) is 162 Å². The molecule has 0 atom stereocenters. The van der Waals surface area contributed by atoms with E-state index in [-0.39, 0.29) is 36.1 Å². The molecule has 0 heterocycles. The summed E-state index contributed by atoms with van der Waals surface area (Å²) in [4.78, 5) is 55.0. The summed E-state index contributed by atoms with van der Waals surface area (Å²) in [5, 5.41) is 2.44. The molecular weight excluding hydrogens is 827 g/mol. The monoisotopic (exact) mass is 880 g/mol. The second kappa shape index (κ2) is 18.0. The second-order valence-corrected chi connectivity index (χ2v) is 18.6. The number of carbonyl (C=O) groups is 4. The zero-order chi connectivity index (χ0) is 41.5. The molecular formula is C40H53IN2O12. The fourth-order valence-electron chi connectivity index (χ4n) is 5.32. The van der Waals surface area contributed by atoms with Crippen molar-refractivity contribution >= 4 is 74.7 Å². The third kappa shape index (κ3) is 14.3. The van der Waals surface area contributed by atoms with Crippen LogP contribution in [0, 0.1) is 0 Å². The molecule has 3 aromatic rings. The number of alkyl halides is 1. The van der Waals surface area contributed by atoms with Gasteiger partial charge in [-0.3, -0.25) is 4.99 Å². The van der Waals surface area contributed by atoms with Gasteiger partial charge in [0.25, 0.3) is 0 Å². The topological polar surface area (TPSA) is 180 Å². The van der Waals surface area contributed by atoms with Gasteiger partial charge in [0.05, 0.1) is 6.54 Å². The van der Waals surface area contributed by atoms with Gasteiger partial charge >= 0.3 is 23.9 Å². The molecule has 3 aromatic carbocycles. The van der Waals surface area contributed by atoms with Crippen LogP contribution in [0.1, 0.15) is 87.3 Å². The minimum atomic E-state index is -0.784. The summed E-state index contributed by atoms with van der Waals surface area (Å²) in [6, 6.07) is 6.64. The number of aliphatic imine (C=N–C) groups is 1. The number of halogens is 1. The molecule has 0 fully saturated rings. The number of nitrogens with zero attached hydrogens (tertiary/aromatic N) is 1. The van der Waals surface area contributed by atoms with Gasteiger partial charge in [0.15, 0.2) is 53.0 Å². The van der Waals surface area contributed by atoms with E-state index in [0.717, 1.165) is 0 Å². The van der Waals surface area contributed by atoms with E-state index in [1.54, 1.807) is 100 Å². The van der Waals surface area contributed by atoms with Gasteiger partial charge in [-0.1, -0.05) is 0 Å². The lowest BCUT2D eigenvalue weighted by Crippen LogP contribution is -2.28. The predicted molar refractivity (Wildman–Crippen MR) is 216 cm³/mol. The molecule has 0 spiro atoms. The van der Waals surface area contributed by atoms with Gasteiger partial charge in [0.2, 0.25) is 0 Å². The first kappa shape index (κ1) is 45.0. The van der Waals surface area contributed by atoms with Crippen molar-refractivity contribution in [3.8, 4) is 23.0 Å². The smallest absolute Gasteiger partial charge is 0.345 e. The van der Waals surface area contributed by atoms with Crippen LogP contribution in [0.4, 0.5) is 0 Å². The Balaban J connectivity index is 2.29. The molecule has 0 radical (unpaired) electrons. The number of nitrogens with two attached hydrogens (primary N) is 1. The van der Waals surface area contributed by atoms with Crippen molar-refractivity contribution in [3.63, 3.8) is 0 Å². The largest absolute Gasteiger partial charge is 0.478 e. The van der Waals surface area contributed by atoms with Crippen LogP contribution in [0.2, 0.25) is 0 Å². The van der Waals surface area contributed by atoms with Gasteiger partial charge in [-0.2, -0.15) is 0 Å². The van der Waals surface area contributed by atoms with Gasteiger partial charge in [0.1, 0.15) is 16.8 Å². The lowest BCUT2D eigenvalue weighted by Gasteiger charge is -2.23. The third-order valence-corrected chi connectivity index (χ3v) is 7.16. The zero-order valence-corrected chi connectivity index (χ0v) is 35.7. The number of hydrogen-bond acceptors (Lipinski definition) is 14. The van der Waals surface area contributed by atoms with E-state index in [2.05, 4.69) is 11.7 Å². The van der Waals surface area contributed by atoms with E-state index in [0.29, 0.717) is 32.7 Å². The van der Waals surface area contributed by atoms with Crippen LogP contribution in [-0.4, -0.2) is 77.4 Å². The summed E-state index contributed by atoms with van der Waals surface area (Å²) in [7, 11) is 0. The van der Waals surface area contributed by atoms with Crippen molar-refractivity contribution in [3.05, 3.63) is 35.4 Å². The standard InChI is InChI=1S/C40H53IN2O12/c1-37(2,3)52-33(44)19-48-29-13-23-25(15-31(29)50-21-35(46)54-39(7,8)9)28(18-43-12)26-16-32(51-22-36(47)55-40(10,11)41)30(14-24(26)27(23)17-42)49-20-34(45)53-38(4,5)6/h13-16H,12,17-22,42H2,1-11H3. The van der Waals surface area contributed by atoms with E-state index in [4.69, 9.17) is 43.6 Å². The lowest BCUT2D eigenvalue weighted by atomic mass is 9.90. The average Bonchev–Trinajstić information content (AvgIpc) is 3.01. The zero-order valence-electron chi connectivity index (χ0n) is 33.6. The molecule has 0 aromatic heterocycles. The van der Waals surface area contributed by atoms with Crippen LogP contribution >= 0.6 is 22.6 Å². The van der Waals surface area contributed by atoms with Crippen molar-refractivity contribution in [1.29, 1.82) is 0 Å². The average molecular weight is 881 g/mol. The highest BCUT2D eigenvalue weighted by Gasteiger charge is 2.25. The van der Waals surface area contributed by atoms with E-state index < -0.39 is 70.7 Å². The van der Waals surface area contributed by atoms with Crippen LogP contribution < -0.4 is 24.7 Å². The second-order valence-electron chi connectivity index (χ2n) is 16.0. The van der Waals surface area contributed by atoms with E-state index in [1.807, 2.05) is 22.6 Å². The Morgan fingerprint density at radius 2 is 0.818 bits per heavy atom. The molecule has 55 heavy (non-hydrogen) atoms. The van der Waals surface area contributed by atoms with Gasteiger partial charge < -0.3 is 43.6 Å². The highest BCUT2D eigenvalue weighted by Crippen LogP contribution is 2.44. The molecule has 0 saturated heterocycles. The van der Waals surface area contributed by atoms with Crippen molar-refractivity contribution < 1.29 is 57.1 Å². The molecule has 0 unspecified atom stereocenters. The van der Waals surface area contributed by atoms with Crippen molar-refractivity contribution in [2.75, 3.05) is 26.4 Å². The summed E-state index contributed by atoms with van der Waals surface area (Å²) in [6.45, 7) is 21.1. The number of fused-ring (bicyclic) bond motifs is 2. The molecule has 0 saturated carbocycles. The number of esters is 4. The molecule has 15 heteroatoms. The van der Waals surface area contributed by atoms with Crippen LogP contribution in [0.5, 0.6) is 23.0 Å². The fraction of sp³-hybridized carbons (Fsp3) is 0.525. The maximum atomic E-state index is 12.7. The number of ether oxygens (including phenoxy) is 8. The molecule has 0 aliphatic rings. The first-order valence-corrected chi connectivity index (χ1v) is 18.7. The molecule has 14 nitrogen and oxygen atoms in total. The number of hydrogen-bond donors (Lipinski definition) is 1. The van der Waals surface area contributed by atoms with Crippen molar-refractivity contribution in [2.24, 2.45) is 10.7 Å². The van der Waals surface area contributed by atoms with E-state index in [9.17, 15) is 19.2 Å². The summed E-state index contributed by atoms with van der Waals surface area (Å²) in [6.07, 6.45) is 0. The minimum Gasteiger partial charge on any atom is -0.478 e. The molecule has 302 valence electrons. The van der Waals surface area contributed by atoms with Crippen LogP contribution in [0.25, 0.3) is 21.5 Å². The molecule has 0 aliphatic carbocycles. The van der Waals surface area contributed by atoms with Crippen LogP contribution in [0.15, 0.2) is 29.3 Å². The Hall–Kier alpha value is -4.38. The number of rotatable bonds is 16. The summed E-state index contributed by atoms with van der Waals surface area (Å²) in [5.41, 5.74) is 5.44. The maximum Gasteiger partial charge on any atom is 0.345 e. The van der Waals surface area contributed by atoms with Crippen molar-refractivity contribution in [1.82, 2.24) is 0 Å². The molecule has 0 bridgehead atoms. The summed E-state index contributed by atoms with van der Waals surface area (Å²) < 4.78 is 44.8. The molecule has 0 aliphatic heterocycles. The third-order valence-electron chi connectivity index (χ3n) is 6.94. The molecule has 0 amide bonds. The summed E-state index contributed by atoms with van der Waals surface area (Å²) >= 11 is 1.99. The summed E-state index contributed by atoms with van der Waals surface area (Å²) in [5.74, 6) is -1.97. The lowest BCUT2D eigenvalue weighted by molar-refractivity contribution is -0.158. The SMILES string of the molecule is C=NCc1c2cc(OCC(=O)OC(C)(C)C)c(OCC(=O)OC(C)(C)C)cc2c(CN)c2cc(OCC(=O)OC(C)(C)C)c(OCC(=O)OC(C)(C)I)cc12. The van der Waals surface area contributed by atoms with E-state index in [1.165, 1.54) is 0 Å². The quantitative estimate of drug-likeness (QED) is 0.0392. The van der Waals surface area contributed by atoms with E-state index >= 15 is 0 Å². The van der Waals surface area contributed by atoms with Gasteiger partial charge in [-0.15, -0.1) is 0 Å². The first-order valence-electron chi connectivity index (χ1n) is 17.6. The fourth-order valence-corrected chi connectivity index (χ4v) is 5.57. The van der Waals surface area contributed by atoms with Gasteiger partial charge in [0, 0.05) is 6.54 Å². The molecule has 3 rings (SSSR count). The van der Waals surface area contributed by atoms with Crippen LogP contribution in [-0.2, 0) is 51.2 Å². The highest BCUT2D eigenvalue weighted by molar-refractivity contribution is 14.1. The normalized spacial score (nSPS) is 12.2. The first-order chi connectivity index (χ1) is 25.3. The van der Waals surface area contributed by atoms with Gasteiger partial charge in [-0.25, -0.2) is 19.2 Å². The number of carbonyl (C=O) groups excluding carboxylic acids is 4. The Bertz CT molecular complexity index is 1790.